The number of imidazole rings is 1. The van der Waals surface area contributed by atoms with Crippen LogP contribution in [-0.2, 0) is 19.5 Å². The Bertz CT molecular complexity index is 1100. The Morgan fingerprint density at radius 1 is 1.23 bits per heavy atom. The minimum atomic E-state index is -0.0344. The lowest BCUT2D eigenvalue weighted by atomic mass is 10.1. The van der Waals surface area contributed by atoms with E-state index in [1.54, 1.807) is 22.4 Å². The maximum Gasteiger partial charge on any atom is 0.274 e. The summed E-state index contributed by atoms with van der Waals surface area (Å²) in [4.78, 5) is 20.5. The lowest BCUT2D eigenvalue weighted by Crippen LogP contribution is -2.32. The largest absolute Gasteiger partial charge is 0.340 e. The molecule has 4 rings (SSSR count). The average molecular weight is 437 g/mol. The Morgan fingerprint density at radius 3 is 2.84 bits per heavy atom. The van der Waals surface area contributed by atoms with Gasteiger partial charge < -0.3 is 10.2 Å². The molecule has 0 fully saturated rings. The zero-order valence-electron chi connectivity index (χ0n) is 17.9. The number of thiazole rings is 1. The molecule has 1 amide bonds. The van der Waals surface area contributed by atoms with Gasteiger partial charge in [0.25, 0.3) is 5.91 Å². The van der Waals surface area contributed by atoms with Gasteiger partial charge in [-0.05, 0) is 31.4 Å². The smallest absolute Gasteiger partial charge is 0.274 e. The highest BCUT2D eigenvalue weighted by Gasteiger charge is 2.22. The van der Waals surface area contributed by atoms with Gasteiger partial charge >= 0.3 is 0 Å². The normalized spacial score (nSPS) is 12.3. The third kappa shape index (κ3) is 5.21. The molecule has 0 radical (unpaired) electrons. The van der Waals surface area contributed by atoms with Gasteiger partial charge in [0, 0.05) is 56.7 Å². The van der Waals surface area contributed by atoms with Crippen LogP contribution in [0.2, 0.25) is 0 Å². The van der Waals surface area contributed by atoms with Crippen molar-refractivity contribution in [1.29, 1.82) is 0 Å². The summed E-state index contributed by atoms with van der Waals surface area (Å²) < 4.78 is 3.96. The number of nitrogens with zero attached hydrogens (tertiary/aromatic N) is 5. The summed E-state index contributed by atoms with van der Waals surface area (Å²) in [6.07, 6.45) is 7.53. The molecule has 0 aliphatic rings. The minimum Gasteiger partial charge on any atom is -0.340 e. The number of nitrogens with one attached hydrogen (secondary N) is 1. The van der Waals surface area contributed by atoms with Gasteiger partial charge in [-0.2, -0.15) is 5.10 Å². The number of hydrogen-bond donors (Lipinski definition) is 1. The second-order valence-corrected chi connectivity index (χ2v) is 8.64. The first-order valence-electron chi connectivity index (χ1n) is 10.6. The van der Waals surface area contributed by atoms with Crippen LogP contribution in [0, 0.1) is 0 Å². The van der Waals surface area contributed by atoms with E-state index in [1.165, 1.54) is 5.56 Å². The van der Waals surface area contributed by atoms with E-state index in [9.17, 15) is 4.79 Å². The predicted octanol–water partition coefficient (Wildman–Crippen LogP) is 3.48. The molecule has 3 aromatic heterocycles. The van der Waals surface area contributed by atoms with Crippen LogP contribution in [0.3, 0.4) is 0 Å². The maximum absolute atomic E-state index is 13.2. The van der Waals surface area contributed by atoms with Gasteiger partial charge in [0.15, 0.2) is 10.7 Å². The summed E-state index contributed by atoms with van der Waals surface area (Å²) in [6.45, 7) is 4.26. The van der Waals surface area contributed by atoms with Gasteiger partial charge in [-0.1, -0.05) is 30.3 Å². The second kappa shape index (κ2) is 9.89. The topological polar surface area (TPSA) is 67.5 Å². The van der Waals surface area contributed by atoms with E-state index < -0.39 is 0 Å². The molecule has 1 atom stereocenters. The third-order valence-corrected chi connectivity index (χ3v) is 6.21. The molecule has 0 aliphatic heterocycles. The van der Waals surface area contributed by atoms with E-state index in [0.717, 1.165) is 30.0 Å². The Kier molecular flexibility index (Phi) is 6.79. The zero-order valence-corrected chi connectivity index (χ0v) is 18.8. The number of fused-ring (bicyclic) bond motifs is 1. The van der Waals surface area contributed by atoms with Crippen molar-refractivity contribution in [3.05, 3.63) is 77.3 Å². The van der Waals surface area contributed by atoms with E-state index in [-0.39, 0.29) is 11.9 Å². The molecule has 8 heteroatoms. The third-order valence-electron chi connectivity index (χ3n) is 5.46. The lowest BCUT2D eigenvalue weighted by Gasteiger charge is -2.18. The molecule has 1 N–H and O–H groups in total. The van der Waals surface area contributed by atoms with E-state index in [2.05, 4.69) is 34.5 Å². The fourth-order valence-electron chi connectivity index (χ4n) is 3.53. The minimum absolute atomic E-state index is 0.0344. The summed E-state index contributed by atoms with van der Waals surface area (Å²) in [7, 11) is 1.85. The van der Waals surface area contributed by atoms with Gasteiger partial charge in [0.1, 0.15) is 0 Å². The van der Waals surface area contributed by atoms with Gasteiger partial charge in [-0.15, -0.1) is 11.3 Å². The SMILES string of the molecule is CC(CCn1cccn1)NCc1c(C(=O)N(C)CCc2ccccc2)nc2sccn12. The van der Waals surface area contributed by atoms with Gasteiger partial charge in [-0.25, -0.2) is 4.98 Å². The molecule has 1 unspecified atom stereocenters. The first-order chi connectivity index (χ1) is 15.1. The Labute approximate surface area is 186 Å². The van der Waals surface area contributed by atoms with Crippen molar-refractivity contribution in [3.8, 4) is 0 Å². The zero-order chi connectivity index (χ0) is 21.6. The summed E-state index contributed by atoms with van der Waals surface area (Å²) in [5.41, 5.74) is 2.67. The molecule has 162 valence electrons. The fraction of sp³-hybridized carbons (Fsp3) is 0.348. The number of hydrogen-bond acceptors (Lipinski definition) is 5. The number of benzene rings is 1. The van der Waals surface area contributed by atoms with Crippen LogP contribution < -0.4 is 5.32 Å². The number of carbonyl (C=O) groups is 1. The highest BCUT2D eigenvalue weighted by molar-refractivity contribution is 7.15. The van der Waals surface area contributed by atoms with Crippen LogP contribution in [0.4, 0.5) is 0 Å². The van der Waals surface area contributed by atoms with Crippen LogP contribution in [0.15, 0.2) is 60.4 Å². The van der Waals surface area contributed by atoms with E-state index in [0.29, 0.717) is 18.8 Å². The molecule has 0 bridgehead atoms. The van der Waals surface area contributed by atoms with Crippen LogP contribution in [-0.4, -0.2) is 49.6 Å². The summed E-state index contributed by atoms with van der Waals surface area (Å²) in [6, 6.07) is 12.5. The van der Waals surface area contributed by atoms with Gasteiger partial charge in [0.2, 0.25) is 0 Å². The van der Waals surface area contributed by atoms with Crippen molar-refractivity contribution in [1.82, 2.24) is 29.4 Å². The van der Waals surface area contributed by atoms with Gasteiger partial charge in [-0.3, -0.25) is 13.9 Å². The molecule has 0 spiro atoms. The monoisotopic (exact) mass is 436 g/mol. The lowest BCUT2D eigenvalue weighted by molar-refractivity contribution is 0.0790. The Morgan fingerprint density at radius 2 is 2.06 bits per heavy atom. The summed E-state index contributed by atoms with van der Waals surface area (Å²) >= 11 is 1.55. The molecule has 1 aromatic carbocycles. The predicted molar refractivity (Wildman–Crippen MR) is 123 cm³/mol. The molecule has 0 saturated carbocycles. The number of rotatable bonds is 10. The highest BCUT2D eigenvalue weighted by atomic mass is 32.1. The number of carbonyl (C=O) groups excluding carboxylic acids is 1. The molecule has 3 heterocycles. The van der Waals surface area contributed by atoms with Crippen molar-refractivity contribution in [3.63, 3.8) is 0 Å². The molecular weight excluding hydrogens is 408 g/mol. The molecule has 31 heavy (non-hydrogen) atoms. The highest BCUT2D eigenvalue weighted by Crippen LogP contribution is 2.19. The number of aryl methyl sites for hydroxylation is 1. The van der Waals surface area contributed by atoms with Gasteiger partial charge in [0.05, 0.1) is 5.69 Å². The molecule has 0 aliphatic carbocycles. The Hall–Kier alpha value is -2.97. The average Bonchev–Trinajstić information content (AvgIpc) is 3.53. The van der Waals surface area contributed by atoms with E-state index in [4.69, 9.17) is 0 Å². The van der Waals surface area contributed by atoms with Crippen molar-refractivity contribution in [2.75, 3.05) is 13.6 Å². The van der Waals surface area contributed by atoms with Crippen molar-refractivity contribution in [2.24, 2.45) is 0 Å². The standard InChI is InChI=1S/C23H28N6OS/c1-18(9-14-28-12-6-11-25-28)24-17-20-21(26-23-29(20)15-16-31-23)22(30)27(2)13-10-19-7-4-3-5-8-19/h3-8,11-12,15-16,18,24H,9-10,13-14,17H2,1-2H3. The van der Waals surface area contributed by atoms with Crippen molar-refractivity contribution >= 4 is 22.2 Å². The van der Waals surface area contributed by atoms with Crippen molar-refractivity contribution < 1.29 is 4.79 Å². The molecular formula is C23H28N6OS. The fourth-order valence-corrected chi connectivity index (χ4v) is 4.26. The molecule has 7 nitrogen and oxygen atoms in total. The quantitative estimate of drug-likeness (QED) is 0.413. The van der Waals surface area contributed by atoms with Crippen LogP contribution in [0.5, 0.6) is 0 Å². The number of likely N-dealkylation sites (N-methyl/N-ethyl adjacent to an activating group) is 1. The van der Waals surface area contributed by atoms with E-state index >= 15 is 0 Å². The maximum atomic E-state index is 13.2. The number of aromatic nitrogens is 4. The molecule has 4 aromatic rings. The second-order valence-electron chi connectivity index (χ2n) is 7.76. The first-order valence-corrected chi connectivity index (χ1v) is 11.4. The van der Waals surface area contributed by atoms with Crippen LogP contribution >= 0.6 is 11.3 Å². The van der Waals surface area contributed by atoms with Crippen LogP contribution in [0.1, 0.15) is 35.1 Å². The molecule has 0 saturated heterocycles. The van der Waals surface area contributed by atoms with Crippen LogP contribution in [0.25, 0.3) is 4.96 Å². The van der Waals surface area contributed by atoms with E-state index in [1.807, 2.05) is 58.2 Å². The Balaban J connectivity index is 1.41. The van der Waals surface area contributed by atoms with Crippen molar-refractivity contribution in [2.45, 2.75) is 38.9 Å². The first kappa shape index (κ1) is 21.3. The number of amides is 1. The summed E-state index contributed by atoms with van der Waals surface area (Å²) in [5.74, 6) is -0.0344. The summed E-state index contributed by atoms with van der Waals surface area (Å²) in [5, 5.41) is 9.81.